The molecule has 1 aromatic heterocycles. The highest BCUT2D eigenvalue weighted by molar-refractivity contribution is 8.00. The van der Waals surface area contributed by atoms with Gasteiger partial charge in [0.1, 0.15) is 6.04 Å². The molecule has 4 nitrogen and oxygen atoms in total. The van der Waals surface area contributed by atoms with Gasteiger partial charge in [-0.1, -0.05) is 13.8 Å². The topological polar surface area (TPSA) is 57.6 Å². The van der Waals surface area contributed by atoms with Gasteiger partial charge < -0.3 is 10.0 Å². The Kier molecular flexibility index (Phi) is 4.01. The lowest BCUT2D eigenvalue weighted by Crippen LogP contribution is -2.46. The van der Waals surface area contributed by atoms with Crippen LogP contribution in [0.1, 0.15) is 40.4 Å². The summed E-state index contributed by atoms with van der Waals surface area (Å²) in [6.45, 7) is 4.08. The summed E-state index contributed by atoms with van der Waals surface area (Å²) >= 11 is 3.13. The minimum absolute atomic E-state index is 0.0458. The third kappa shape index (κ3) is 2.59. The molecule has 1 fully saturated rings. The predicted octanol–water partition coefficient (Wildman–Crippen LogP) is 2.86. The van der Waals surface area contributed by atoms with Crippen molar-refractivity contribution >= 4 is 35.0 Å². The van der Waals surface area contributed by atoms with Gasteiger partial charge in [-0.05, 0) is 36.8 Å². The minimum Gasteiger partial charge on any atom is -0.480 e. The van der Waals surface area contributed by atoms with E-state index in [9.17, 15) is 14.7 Å². The maximum absolute atomic E-state index is 12.8. The lowest BCUT2D eigenvalue weighted by Gasteiger charge is -2.29. The molecule has 1 aliphatic heterocycles. The molecular formula is C15H19NO3S2. The monoisotopic (exact) mass is 325 g/mol. The van der Waals surface area contributed by atoms with Crippen LogP contribution in [0, 0.1) is 5.92 Å². The number of carboxylic acid groups (broad SMARTS) is 1. The van der Waals surface area contributed by atoms with E-state index >= 15 is 0 Å². The van der Waals surface area contributed by atoms with Crippen LogP contribution in [-0.4, -0.2) is 39.1 Å². The summed E-state index contributed by atoms with van der Waals surface area (Å²) < 4.78 is 0. The molecular weight excluding hydrogens is 306 g/mol. The lowest BCUT2D eigenvalue weighted by atomic mass is 10.1. The molecule has 0 bridgehead atoms. The van der Waals surface area contributed by atoms with Crippen molar-refractivity contribution in [2.75, 3.05) is 5.75 Å². The number of rotatable bonds is 3. The zero-order valence-electron chi connectivity index (χ0n) is 12.2. The third-order valence-electron chi connectivity index (χ3n) is 4.08. The number of aliphatic carboxylic acids is 1. The lowest BCUT2D eigenvalue weighted by molar-refractivity contribution is -0.141. The second-order valence-electron chi connectivity index (χ2n) is 5.95. The van der Waals surface area contributed by atoms with Crippen molar-refractivity contribution in [1.29, 1.82) is 0 Å². The third-order valence-corrected chi connectivity index (χ3v) is 6.93. The van der Waals surface area contributed by atoms with E-state index in [-0.39, 0.29) is 17.2 Å². The maximum Gasteiger partial charge on any atom is 0.327 e. The first-order valence-electron chi connectivity index (χ1n) is 7.27. The highest BCUT2D eigenvalue weighted by Crippen LogP contribution is 2.38. The number of carbonyl (C=O) groups excluding carboxylic acids is 1. The van der Waals surface area contributed by atoms with Gasteiger partial charge >= 0.3 is 5.97 Å². The summed E-state index contributed by atoms with van der Waals surface area (Å²) in [6, 6.07) is 1.28. The number of thioether (sulfide) groups is 1. The number of fused-ring (bicyclic) bond motifs is 1. The van der Waals surface area contributed by atoms with E-state index in [1.54, 1.807) is 28.0 Å². The zero-order valence-corrected chi connectivity index (χ0v) is 13.8. The van der Waals surface area contributed by atoms with Crippen LogP contribution in [0.15, 0.2) is 6.07 Å². The Hall–Kier alpha value is -1.01. The van der Waals surface area contributed by atoms with Crippen LogP contribution < -0.4 is 0 Å². The fraction of sp³-hybridized carbons (Fsp3) is 0.600. The minimum atomic E-state index is -0.900. The van der Waals surface area contributed by atoms with E-state index in [0.29, 0.717) is 10.6 Å². The summed E-state index contributed by atoms with van der Waals surface area (Å²) in [4.78, 5) is 27.9. The number of hydrogen-bond acceptors (Lipinski definition) is 4. The number of carboxylic acids is 1. The molecule has 1 N–H and O–H groups in total. The quantitative estimate of drug-likeness (QED) is 0.928. The standard InChI is InChI=1S/C15H19NO3S2/c1-8(2)14-16(10(7-20-14)15(18)19)13(17)12-6-9-4-3-5-11(9)21-12/h6,8,10,14H,3-5,7H2,1-2H3,(H,18,19). The molecule has 21 heavy (non-hydrogen) atoms. The molecule has 0 radical (unpaired) electrons. The van der Waals surface area contributed by atoms with Gasteiger partial charge in [-0.3, -0.25) is 4.79 Å². The van der Waals surface area contributed by atoms with Crippen LogP contribution in [0.2, 0.25) is 0 Å². The van der Waals surface area contributed by atoms with Crippen LogP contribution in [-0.2, 0) is 17.6 Å². The van der Waals surface area contributed by atoms with Crippen LogP contribution in [0.4, 0.5) is 0 Å². The van der Waals surface area contributed by atoms with E-state index in [1.165, 1.54) is 16.9 Å². The van der Waals surface area contributed by atoms with Crippen LogP contribution >= 0.6 is 23.1 Å². The summed E-state index contributed by atoms with van der Waals surface area (Å²) in [7, 11) is 0. The smallest absolute Gasteiger partial charge is 0.327 e. The fourth-order valence-electron chi connectivity index (χ4n) is 3.05. The summed E-state index contributed by atoms with van der Waals surface area (Å²) in [5.74, 6) is -0.279. The molecule has 0 aromatic carbocycles. The van der Waals surface area contributed by atoms with Gasteiger partial charge in [-0.25, -0.2) is 4.79 Å². The second kappa shape index (κ2) is 5.65. The Morgan fingerprint density at radius 3 is 2.76 bits per heavy atom. The largest absolute Gasteiger partial charge is 0.480 e. The molecule has 1 amide bonds. The Morgan fingerprint density at radius 2 is 2.14 bits per heavy atom. The van der Waals surface area contributed by atoms with Gasteiger partial charge in [0.2, 0.25) is 0 Å². The van der Waals surface area contributed by atoms with Gasteiger partial charge in [0.25, 0.3) is 5.91 Å². The number of hydrogen-bond donors (Lipinski definition) is 1. The normalized spacial score (nSPS) is 24.6. The van der Waals surface area contributed by atoms with Gasteiger partial charge in [0, 0.05) is 10.6 Å². The highest BCUT2D eigenvalue weighted by atomic mass is 32.2. The number of thiophene rings is 1. The van der Waals surface area contributed by atoms with Crippen molar-refractivity contribution in [1.82, 2.24) is 4.90 Å². The van der Waals surface area contributed by atoms with Gasteiger partial charge in [0.05, 0.1) is 10.3 Å². The van der Waals surface area contributed by atoms with E-state index < -0.39 is 12.0 Å². The number of carbonyl (C=O) groups is 2. The fourth-order valence-corrected chi connectivity index (χ4v) is 5.72. The van der Waals surface area contributed by atoms with Crippen molar-refractivity contribution in [3.05, 3.63) is 21.4 Å². The SMILES string of the molecule is CC(C)C1SCC(C(=O)O)N1C(=O)c1cc2c(s1)CCC2. The Balaban J connectivity index is 1.90. The Bertz CT molecular complexity index is 560. The summed E-state index contributed by atoms with van der Waals surface area (Å²) in [6.07, 6.45) is 3.27. The predicted molar refractivity (Wildman–Crippen MR) is 85.0 cm³/mol. The first-order chi connectivity index (χ1) is 9.99. The first kappa shape index (κ1) is 14.9. The van der Waals surface area contributed by atoms with Gasteiger partial charge in [-0.15, -0.1) is 23.1 Å². The maximum atomic E-state index is 12.8. The van der Waals surface area contributed by atoms with E-state index in [1.807, 2.05) is 19.9 Å². The molecule has 0 spiro atoms. The average molecular weight is 325 g/mol. The molecule has 2 aliphatic rings. The number of nitrogens with zero attached hydrogens (tertiary/aromatic N) is 1. The van der Waals surface area contributed by atoms with Crippen molar-refractivity contribution in [3.8, 4) is 0 Å². The van der Waals surface area contributed by atoms with Crippen molar-refractivity contribution in [2.45, 2.75) is 44.5 Å². The molecule has 2 unspecified atom stereocenters. The molecule has 1 aliphatic carbocycles. The molecule has 2 atom stereocenters. The van der Waals surface area contributed by atoms with Crippen molar-refractivity contribution in [3.63, 3.8) is 0 Å². The summed E-state index contributed by atoms with van der Waals surface area (Å²) in [5, 5.41) is 9.35. The first-order valence-corrected chi connectivity index (χ1v) is 9.14. The van der Waals surface area contributed by atoms with Crippen LogP contribution in [0.25, 0.3) is 0 Å². The van der Waals surface area contributed by atoms with Crippen LogP contribution in [0.3, 0.4) is 0 Å². The highest BCUT2D eigenvalue weighted by Gasteiger charge is 2.43. The Labute approximate surface area is 132 Å². The summed E-state index contributed by atoms with van der Waals surface area (Å²) in [5.41, 5.74) is 1.28. The van der Waals surface area contributed by atoms with E-state index in [2.05, 4.69) is 0 Å². The molecule has 6 heteroatoms. The second-order valence-corrected chi connectivity index (χ2v) is 8.23. The molecule has 0 saturated carbocycles. The average Bonchev–Trinajstić information content (AvgIpc) is 3.10. The zero-order chi connectivity index (χ0) is 15.1. The van der Waals surface area contributed by atoms with Gasteiger partial charge in [0.15, 0.2) is 0 Å². The van der Waals surface area contributed by atoms with Gasteiger partial charge in [-0.2, -0.15) is 0 Å². The number of amides is 1. The van der Waals surface area contributed by atoms with Crippen LogP contribution in [0.5, 0.6) is 0 Å². The van der Waals surface area contributed by atoms with E-state index in [4.69, 9.17) is 0 Å². The van der Waals surface area contributed by atoms with Crippen molar-refractivity contribution < 1.29 is 14.7 Å². The molecule has 1 aromatic rings. The molecule has 3 rings (SSSR count). The molecule has 114 valence electrons. The van der Waals surface area contributed by atoms with Crippen molar-refractivity contribution in [2.24, 2.45) is 5.92 Å². The molecule has 2 heterocycles. The Morgan fingerprint density at radius 1 is 1.38 bits per heavy atom. The molecule has 1 saturated heterocycles. The number of aryl methyl sites for hydroxylation is 2. The van der Waals surface area contributed by atoms with E-state index in [0.717, 1.165) is 12.8 Å².